The average Bonchev–Trinajstić information content (AvgIpc) is 2.97. The van der Waals surface area contributed by atoms with E-state index in [0.717, 1.165) is 37.0 Å². The summed E-state index contributed by atoms with van der Waals surface area (Å²) in [5.74, 6) is 0.923. The van der Waals surface area contributed by atoms with Gasteiger partial charge in [0.05, 0.1) is 19.1 Å². The number of methoxy groups -OCH3 is 1. The molecule has 20 heavy (non-hydrogen) atoms. The fourth-order valence-electron chi connectivity index (χ4n) is 3.13. The predicted molar refractivity (Wildman–Crippen MR) is 77.9 cm³/mol. The summed E-state index contributed by atoms with van der Waals surface area (Å²) in [6, 6.07) is 7.81. The van der Waals surface area contributed by atoms with Crippen molar-refractivity contribution in [3.05, 3.63) is 29.8 Å². The van der Waals surface area contributed by atoms with Gasteiger partial charge in [0.25, 0.3) is 0 Å². The van der Waals surface area contributed by atoms with Crippen molar-refractivity contribution in [2.45, 2.75) is 31.1 Å². The van der Waals surface area contributed by atoms with E-state index in [1.165, 1.54) is 0 Å². The standard InChI is InChI=1S/C16H23NO3/c1-17(11-12-18)15(19)16(9-3-4-10-16)13-5-7-14(20-2)8-6-13/h5-8,18H,3-4,9-12H2,1-2H3. The molecule has 0 atom stereocenters. The first-order valence-electron chi connectivity index (χ1n) is 7.15. The minimum absolute atomic E-state index is 0.000925. The van der Waals surface area contributed by atoms with E-state index >= 15 is 0 Å². The molecule has 0 unspecified atom stereocenters. The molecule has 1 N–H and O–H groups in total. The number of aliphatic hydroxyl groups is 1. The Kier molecular flexibility index (Phi) is 4.65. The quantitative estimate of drug-likeness (QED) is 0.895. The fraction of sp³-hybridized carbons (Fsp3) is 0.562. The molecule has 1 aliphatic rings. The van der Waals surface area contributed by atoms with Gasteiger partial charge in [-0.05, 0) is 30.5 Å². The summed E-state index contributed by atoms with van der Waals surface area (Å²) >= 11 is 0. The van der Waals surface area contributed by atoms with Crippen LogP contribution in [-0.2, 0) is 10.2 Å². The summed E-state index contributed by atoms with van der Waals surface area (Å²) in [5, 5.41) is 9.04. The van der Waals surface area contributed by atoms with Gasteiger partial charge in [-0.15, -0.1) is 0 Å². The van der Waals surface area contributed by atoms with E-state index in [1.54, 1.807) is 19.1 Å². The monoisotopic (exact) mass is 277 g/mol. The number of hydrogen-bond acceptors (Lipinski definition) is 3. The molecule has 110 valence electrons. The molecule has 1 fully saturated rings. The predicted octanol–water partition coefficient (Wildman–Crippen LogP) is 1.96. The fourth-order valence-corrected chi connectivity index (χ4v) is 3.13. The molecular formula is C16H23NO3. The van der Waals surface area contributed by atoms with Gasteiger partial charge in [0.2, 0.25) is 5.91 Å². The third-order valence-corrected chi connectivity index (χ3v) is 4.29. The van der Waals surface area contributed by atoms with Crippen molar-refractivity contribution in [1.29, 1.82) is 0 Å². The average molecular weight is 277 g/mol. The van der Waals surface area contributed by atoms with E-state index in [4.69, 9.17) is 9.84 Å². The Morgan fingerprint density at radius 3 is 2.40 bits per heavy atom. The number of carbonyl (C=O) groups excluding carboxylic acids is 1. The highest BCUT2D eigenvalue weighted by Gasteiger charge is 2.44. The van der Waals surface area contributed by atoms with Gasteiger partial charge in [0.1, 0.15) is 5.75 Å². The Balaban J connectivity index is 2.31. The molecular weight excluding hydrogens is 254 g/mol. The van der Waals surface area contributed by atoms with Crippen LogP contribution in [0.2, 0.25) is 0 Å². The summed E-state index contributed by atoms with van der Waals surface area (Å²) in [6.07, 6.45) is 3.91. The Bertz CT molecular complexity index is 449. The zero-order valence-electron chi connectivity index (χ0n) is 12.3. The van der Waals surface area contributed by atoms with Crippen LogP contribution >= 0.6 is 0 Å². The first-order chi connectivity index (χ1) is 9.64. The van der Waals surface area contributed by atoms with Crippen LogP contribution in [-0.4, -0.2) is 43.2 Å². The highest BCUT2D eigenvalue weighted by Crippen LogP contribution is 2.42. The number of hydrogen-bond donors (Lipinski definition) is 1. The molecule has 1 aromatic rings. The summed E-state index contributed by atoms with van der Waals surface area (Å²) < 4.78 is 5.18. The van der Waals surface area contributed by atoms with Crippen molar-refractivity contribution < 1.29 is 14.6 Å². The highest BCUT2D eigenvalue weighted by molar-refractivity contribution is 5.88. The molecule has 0 aliphatic heterocycles. The number of ether oxygens (including phenoxy) is 1. The van der Waals surface area contributed by atoms with Crippen LogP contribution < -0.4 is 4.74 Å². The van der Waals surface area contributed by atoms with Crippen molar-refractivity contribution in [3.8, 4) is 5.75 Å². The maximum Gasteiger partial charge on any atom is 0.233 e. The lowest BCUT2D eigenvalue weighted by atomic mass is 9.77. The van der Waals surface area contributed by atoms with Crippen molar-refractivity contribution in [2.24, 2.45) is 0 Å². The lowest BCUT2D eigenvalue weighted by Gasteiger charge is -2.32. The van der Waals surface area contributed by atoms with Gasteiger partial charge in [-0.2, -0.15) is 0 Å². The second kappa shape index (κ2) is 6.27. The second-order valence-corrected chi connectivity index (χ2v) is 5.47. The van der Waals surface area contributed by atoms with E-state index in [-0.39, 0.29) is 12.5 Å². The van der Waals surface area contributed by atoms with Crippen LogP contribution in [0.25, 0.3) is 0 Å². The highest BCUT2D eigenvalue weighted by atomic mass is 16.5. The van der Waals surface area contributed by atoms with Gasteiger partial charge >= 0.3 is 0 Å². The summed E-state index contributed by atoms with van der Waals surface area (Å²) in [5.41, 5.74) is 0.640. The number of aliphatic hydroxyl groups excluding tert-OH is 1. The third-order valence-electron chi connectivity index (χ3n) is 4.29. The minimum atomic E-state index is -0.420. The van der Waals surface area contributed by atoms with E-state index in [9.17, 15) is 4.79 Å². The SMILES string of the molecule is COc1ccc(C2(C(=O)N(C)CCO)CCCC2)cc1. The number of likely N-dealkylation sites (N-methyl/N-ethyl adjacent to an activating group) is 1. The molecule has 1 saturated carbocycles. The van der Waals surface area contributed by atoms with Crippen molar-refractivity contribution in [1.82, 2.24) is 4.90 Å². The van der Waals surface area contributed by atoms with Crippen LogP contribution in [0.1, 0.15) is 31.2 Å². The number of amides is 1. The van der Waals surface area contributed by atoms with E-state index < -0.39 is 5.41 Å². The van der Waals surface area contributed by atoms with Gasteiger partial charge in [-0.3, -0.25) is 4.79 Å². The number of rotatable bonds is 5. The normalized spacial score (nSPS) is 16.9. The number of benzene rings is 1. The van der Waals surface area contributed by atoms with Crippen LogP contribution in [0.5, 0.6) is 5.75 Å². The third kappa shape index (κ3) is 2.66. The van der Waals surface area contributed by atoms with Gasteiger partial charge in [-0.1, -0.05) is 25.0 Å². The summed E-state index contributed by atoms with van der Waals surface area (Å²) in [7, 11) is 3.41. The van der Waals surface area contributed by atoms with Crippen LogP contribution in [0.15, 0.2) is 24.3 Å². The Hall–Kier alpha value is -1.55. The van der Waals surface area contributed by atoms with Crippen molar-refractivity contribution >= 4 is 5.91 Å². The molecule has 0 radical (unpaired) electrons. The van der Waals surface area contributed by atoms with Gasteiger partial charge in [-0.25, -0.2) is 0 Å². The smallest absolute Gasteiger partial charge is 0.233 e. The molecule has 1 aliphatic carbocycles. The van der Waals surface area contributed by atoms with Gasteiger partial charge in [0.15, 0.2) is 0 Å². The van der Waals surface area contributed by atoms with Crippen LogP contribution in [0.3, 0.4) is 0 Å². The van der Waals surface area contributed by atoms with E-state index in [1.807, 2.05) is 24.3 Å². The first kappa shape index (κ1) is 14.9. The van der Waals surface area contributed by atoms with Gasteiger partial charge in [0, 0.05) is 13.6 Å². The maximum absolute atomic E-state index is 12.8. The van der Waals surface area contributed by atoms with E-state index in [0.29, 0.717) is 6.54 Å². The number of nitrogens with zero attached hydrogens (tertiary/aromatic N) is 1. The lowest BCUT2D eigenvalue weighted by molar-refractivity contribution is -0.136. The molecule has 0 heterocycles. The molecule has 0 spiro atoms. The minimum Gasteiger partial charge on any atom is -0.497 e. The van der Waals surface area contributed by atoms with E-state index in [2.05, 4.69) is 0 Å². The number of carbonyl (C=O) groups is 1. The first-order valence-corrected chi connectivity index (χ1v) is 7.15. The van der Waals surface area contributed by atoms with Crippen molar-refractivity contribution in [2.75, 3.05) is 27.3 Å². The summed E-state index contributed by atoms with van der Waals surface area (Å²) in [6.45, 7) is 0.387. The molecule has 2 rings (SSSR count). The molecule has 0 aromatic heterocycles. The van der Waals surface area contributed by atoms with Gasteiger partial charge < -0.3 is 14.7 Å². The largest absolute Gasteiger partial charge is 0.497 e. The Morgan fingerprint density at radius 1 is 1.30 bits per heavy atom. The molecule has 1 amide bonds. The Morgan fingerprint density at radius 2 is 1.90 bits per heavy atom. The maximum atomic E-state index is 12.8. The molecule has 0 bridgehead atoms. The van der Waals surface area contributed by atoms with Crippen LogP contribution in [0, 0.1) is 0 Å². The molecule has 1 aromatic carbocycles. The molecule has 0 saturated heterocycles. The topological polar surface area (TPSA) is 49.8 Å². The second-order valence-electron chi connectivity index (χ2n) is 5.47. The zero-order chi connectivity index (χ0) is 14.6. The van der Waals surface area contributed by atoms with Crippen LogP contribution in [0.4, 0.5) is 0 Å². The molecule has 4 nitrogen and oxygen atoms in total. The van der Waals surface area contributed by atoms with Crippen molar-refractivity contribution in [3.63, 3.8) is 0 Å². The summed E-state index contributed by atoms with van der Waals surface area (Å²) in [4.78, 5) is 14.4. The zero-order valence-corrected chi connectivity index (χ0v) is 12.3. The Labute approximate surface area is 120 Å². The lowest BCUT2D eigenvalue weighted by Crippen LogP contribution is -2.44. The molecule has 4 heteroatoms.